The van der Waals surface area contributed by atoms with Gasteiger partial charge in [-0.25, -0.2) is 0 Å². The Hall–Kier alpha value is -1.22. The molecule has 0 saturated heterocycles. The number of nitrogen functional groups attached to an aromatic ring is 2. The molecule has 4 saturated carbocycles. The Balaban J connectivity index is 1.14. The third-order valence-corrected chi connectivity index (χ3v) is 13.0. The maximum Gasteiger partial charge on any atom is 0.0578 e. The molecule has 3 nitrogen and oxygen atoms in total. The molecule has 4 aliphatic rings. The molecule has 220 valence electrons. The Morgan fingerprint density at radius 1 is 0.846 bits per heavy atom. The van der Waals surface area contributed by atoms with Gasteiger partial charge in [-0.05, 0) is 141 Å². The minimum Gasteiger partial charge on any atom is -0.398 e. The van der Waals surface area contributed by atoms with Gasteiger partial charge in [0.05, 0.1) is 6.10 Å². The van der Waals surface area contributed by atoms with Gasteiger partial charge in [-0.15, -0.1) is 0 Å². The Morgan fingerprint density at radius 2 is 1.56 bits per heavy atom. The van der Waals surface area contributed by atoms with Crippen LogP contribution in [0, 0.1) is 52.3 Å². The highest BCUT2D eigenvalue weighted by atomic mass is 16.5. The van der Waals surface area contributed by atoms with E-state index in [-0.39, 0.29) is 0 Å². The lowest BCUT2D eigenvalue weighted by atomic mass is 9.44. The summed E-state index contributed by atoms with van der Waals surface area (Å²) in [6.07, 6.45) is 19.5. The molecule has 0 aromatic heterocycles. The number of rotatable bonds is 10. The highest BCUT2D eigenvalue weighted by Crippen LogP contribution is 2.68. The molecule has 0 heterocycles. The van der Waals surface area contributed by atoms with E-state index in [9.17, 15) is 0 Å². The first-order chi connectivity index (χ1) is 18.6. The van der Waals surface area contributed by atoms with E-state index in [0.29, 0.717) is 16.9 Å². The van der Waals surface area contributed by atoms with Gasteiger partial charge in [-0.3, -0.25) is 0 Å². The van der Waals surface area contributed by atoms with E-state index >= 15 is 0 Å². The molecule has 0 amide bonds. The van der Waals surface area contributed by atoms with Gasteiger partial charge in [0.1, 0.15) is 0 Å². The van der Waals surface area contributed by atoms with Crippen molar-refractivity contribution in [3.63, 3.8) is 0 Å². The summed E-state index contributed by atoms with van der Waals surface area (Å²) < 4.78 is 6.51. The van der Waals surface area contributed by atoms with Crippen LogP contribution in [0.15, 0.2) is 18.2 Å². The third kappa shape index (κ3) is 5.77. The Bertz CT molecular complexity index is 939. The van der Waals surface area contributed by atoms with Gasteiger partial charge < -0.3 is 16.2 Å². The topological polar surface area (TPSA) is 61.3 Å². The molecule has 0 radical (unpaired) electrons. The number of ether oxygens (including phenoxy) is 1. The average molecular weight is 537 g/mol. The number of benzene rings is 1. The summed E-state index contributed by atoms with van der Waals surface area (Å²) in [6, 6.07) is 5.85. The summed E-state index contributed by atoms with van der Waals surface area (Å²) in [5, 5.41) is 0. The van der Waals surface area contributed by atoms with Crippen LogP contribution >= 0.6 is 0 Å². The first-order valence-corrected chi connectivity index (χ1v) is 16.9. The lowest BCUT2D eigenvalue weighted by molar-refractivity contribution is -0.136. The minimum atomic E-state index is 0.446. The molecule has 4 aliphatic carbocycles. The number of hydrogen-bond acceptors (Lipinski definition) is 3. The molecule has 0 aliphatic heterocycles. The monoisotopic (exact) mass is 536 g/mol. The smallest absolute Gasteiger partial charge is 0.0578 e. The van der Waals surface area contributed by atoms with Crippen molar-refractivity contribution in [3.05, 3.63) is 23.8 Å². The Labute approximate surface area is 240 Å². The zero-order chi connectivity index (χ0) is 27.8. The molecule has 1 aromatic rings. The van der Waals surface area contributed by atoms with Crippen molar-refractivity contribution in [1.29, 1.82) is 0 Å². The number of anilines is 2. The summed E-state index contributed by atoms with van der Waals surface area (Å²) in [5.74, 6) is 6.50. The maximum absolute atomic E-state index is 6.51. The molecule has 0 bridgehead atoms. The van der Waals surface area contributed by atoms with Crippen LogP contribution in [0.4, 0.5) is 11.4 Å². The first kappa shape index (κ1) is 29.3. The second-order valence-corrected chi connectivity index (χ2v) is 15.5. The highest BCUT2D eigenvalue weighted by Gasteiger charge is 2.60. The van der Waals surface area contributed by atoms with Crippen LogP contribution in [-0.2, 0) is 11.2 Å². The van der Waals surface area contributed by atoms with Gasteiger partial charge in [0, 0.05) is 18.0 Å². The SMILES string of the molecule is CC(C)CCC[C@@H](C)[C@H]1CCC2C3CCC4CC(OCCCc5c(N)cccc5N)CC[C@]4(C)C3CC[C@@]21C. The van der Waals surface area contributed by atoms with E-state index in [2.05, 4.69) is 34.6 Å². The molecule has 39 heavy (non-hydrogen) atoms. The van der Waals surface area contributed by atoms with Crippen molar-refractivity contribution >= 4 is 11.4 Å². The summed E-state index contributed by atoms with van der Waals surface area (Å²) in [6.45, 7) is 13.6. The number of nitrogens with two attached hydrogens (primary N) is 2. The summed E-state index contributed by atoms with van der Waals surface area (Å²) in [5.41, 5.74) is 16.2. The normalized spacial score (nSPS) is 38.7. The predicted octanol–water partition coefficient (Wildman–Crippen LogP) is 9.29. The molecule has 4 N–H and O–H groups in total. The van der Waals surface area contributed by atoms with Crippen molar-refractivity contribution in [2.45, 2.75) is 131 Å². The molecule has 9 atom stereocenters. The Morgan fingerprint density at radius 3 is 2.31 bits per heavy atom. The van der Waals surface area contributed by atoms with Crippen molar-refractivity contribution in [3.8, 4) is 0 Å². The zero-order valence-electron chi connectivity index (χ0n) is 26.0. The van der Waals surface area contributed by atoms with Crippen molar-refractivity contribution in [2.75, 3.05) is 18.1 Å². The lowest BCUT2D eigenvalue weighted by Gasteiger charge is -2.61. The number of fused-ring (bicyclic) bond motifs is 5. The van der Waals surface area contributed by atoms with Crippen molar-refractivity contribution in [2.24, 2.45) is 52.3 Å². The van der Waals surface area contributed by atoms with E-state index < -0.39 is 0 Å². The van der Waals surface area contributed by atoms with Crippen LogP contribution in [0.25, 0.3) is 0 Å². The van der Waals surface area contributed by atoms with Gasteiger partial charge in [-0.1, -0.05) is 59.9 Å². The van der Waals surface area contributed by atoms with Gasteiger partial charge in [0.2, 0.25) is 0 Å². The van der Waals surface area contributed by atoms with Crippen LogP contribution in [0.1, 0.15) is 124 Å². The molecule has 4 fully saturated rings. The number of hydrogen-bond donors (Lipinski definition) is 2. The van der Waals surface area contributed by atoms with E-state index in [1.807, 2.05) is 18.2 Å². The van der Waals surface area contributed by atoms with Gasteiger partial charge in [0.15, 0.2) is 0 Å². The quantitative estimate of drug-likeness (QED) is 0.231. The molecule has 3 heteroatoms. The largest absolute Gasteiger partial charge is 0.398 e. The predicted molar refractivity (Wildman–Crippen MR) is 166 cm³/mol. The van der Waals surface area contributed by atoms with Gasteiger partial charge in [-0.2, -0.15) is 0 Å². The van der Waals surface area contributed by atoms with Gasteiger partial charge >= 0.3 is 0 Å². The van der Waals surface area contributed by atoms with Crippen LogP contribution in [0.2, 0.25) is 0 Å². The fourth-order valence-corrected chi connectivity index (χ4v) is 10.8. The van der Waals surface area contributed by atoms with E-state index in [4.69, 9.17) is 16.2 Å². The van der Waals surface area contributed by atoms with Crippen molar-refractivity contribution in [1.82, 2.24) is 0 Å². The molecule has 0 spiro atoms. The van der Waals surface area contributed by atoms with Crippen molar-refractivity contribution < 1.29 is 4.74 Å². The second kappa shape index (κ2) is 11.9. The second-order valence-electron chi connectivity index (χ2n) is 15.5. The average Bonchev–Trinajstić information content (AvgIpc) is 3.25. The zero-order valence-corrected chi connectivity index (χ0v) is 26.0. The first-order valence-electron chi connectivity index (χ1n) is 16.9. The van der Waals surface area contributed by atoms with Crippen LogP contribution in [0.3, 0.4) is 0 Å². The molecule has 5 rings (SSSR count). The van der Waals surface area contributed by atoms with Crippen LogP contribution < -0.4 is 11.5 Å². The fraction of sp³-hybridized carbons (Fsp3) is 0.833. The van der Waals surface area contributed by atoms with E-state index in [0.717, 1.165) is 77.8 Å². The van der Waals surface area contributed by atoms with E-state index in [1.165, 1.54) is 77.0 Å². The summed E-state index contributed by atoms with van der Waals surface area (Å²) in [4.78, 5) is 0. The molecular weight excluding hydrogens is 476 g/mol. The highest BCUT2D eigenvalue weighted by molar-refractivity contribution is 5.61. The molecule has 1 aromatic carbocycles. The summed E-state index contributed by atoms with van der Waals surface area (Å²) >= 11 is 0. The van der Waals surface area contributed by atoms with Crippen LogP contribution in [-0.4, -0.2) is 12.7 Å². The maximum atomic E-state index is 6.51. The van der Waals surface area contributed by atoms with Crippen LogP contribution in [0.5, 0.6) is 0 Å². The lowest BCUT2D eigenvalue weighted by Crippen LogP contribution is -2.54. The van der Waals surface area contributed by atoms with Gasteiger partial charge in [0.25, 0.3) is 0 Å². The minimum absolute atomic E-state index is 0.446. The molecule has 5 unspecified atom stereocenters. The Kier molecular flexibility index (Phi) is 8.97. The standard InChI is InChI=1S/C36H60N2O/c1-24(2)9-6-10-25(3)30-16-17-31-28-15-14-26-23-27(18-20-35(26,4)32(28)19-21-36(30,31)5)39-22-8-11-29-33(37)12-7-13-34(29)38/h7,12-13,24-28,30-32H,6,8-11,14-23,37-38H2,1-5H3/t25-,26?,27?,28?,30-,31?,32?,35+,36-/m1/s1. The third-order valence-electron chi connectivity index (χ3n) is 13.0. The molecular formula is C36H60N2O. The van der Waals surface area contributed by atoms with E-state index in [1.54, 1.807) is 0 Å². The summed E-state index contributed by atoms with van der Waals surface area (Å²) in [7, 11) is 0. The fourth-order valence-electron chi connectivity index (χ4n) is 10.8.